The van der Waals surface area contributed by atoms with E-state index in [1.165, 1.54) is 0 Å². The van der Waals surface area contributed by atoms with E-state index in [0.29, 0.717) is 12.2 Å². The van der Waals surface area contributed by atoms with Gasteiger partial charge in [0, 0.05) is 24.5 Å². The smallest absolute Gasteiger partial charge is 0.235 e. The molecule has 0 atom stereocenters. The zero-order valence-electron chi connectivity index (χ0n) is 11.6. The summed E-state index contributed by atoms with van der Waals surface area (Å²) < 4.78 is 26.0. The molecule has 19 heavy (non-hydrogen) atoms. The second-order valence-corrected chi connectivity index (χ2v) is 6.78. The second kappa shape index (κ2) is 6.77. The number of aliphatic hydroxyl groups excluding tert-OH is 1. The summed E-state index contributed by atoms with van der Waals surface area (Å²) >= 11 is 0. The van der Waals surface area contributed by atoms with E-state index >= 15 is 0 Å². The Bertz CT molecular complexity index is 483. The lowest BCUT2D eigenvalue weighted by Gasteiger charge is -2.22. The molecule has 0 radical (unpaired) electrons. The highest BCUT2D eigenvalue weighted by Crippen LogP contribution is 2.19. The Morgan fingerprint density at radius 2 is 1.84 bits per heavy atom. The van der Waals surface area contributed by atoms with Crippen LogP contribution in [0.3, 0.4) is 0 Å². The molecule has 0 aliphatic heterocycles. The Balaban J connectivity index is 2.82. The fourth-order valence-corrected chi connectivity index (χ4v) is 2.31. The van der Waals surface area contributed by atoms with Crippen LogP contribution >= 0.6 is 0 Å². The van der Waals surface area contributed by atoms with Gasteiger partial charge in [0.15, 0.2) is 0 Å². The van der Waals surface area contributed by atoms with Gasteiger partial charge in [-0.1, -0.05) is 0 Å². The van der Waals surface area contributed by atoms with Gasteiger partial charge in [-0.25, -0.2) is 8.42 Å². The summed E-state index contributed by atoms with van der Waals surface area (Å²) in [7, 11) is -3.30. The average molecular weight is 286 g/mol. The molecule has 0 saturated heterocycles. The molecule has 0 spiro atoms. The van der Waals surface area contributed by atoms with Crippen LogP contribution in [-0.2, 0) is 10.0 Å². The predicted molar refractivity (Wildman–Crippen MR) is 79.1 cm³/mol. The lowest BCUT2D eigenvalue weighted by molar-refractivity contribution is 0.302. The lowest BCUT2D eigenvalue weighted by atomic mass is 10.2. The summed E-state index contributed by atoms with van der Waals surface area (Å²) in [4.78, 5) is 2.01. The number of hydrogen-bond donors (Lipinski definition) is 2. The van der Waals surface area contributed by atoms with Gasteiger partial charge in [-0.05, 0) is 45.0 Å². The molecule has 0 aliphatic rings. The van der Waals surface area contributed by atoms with E-state index in [0.717, 1.165) is 12.2 Å². The molecule has 1 aromatic rings. The van der Waals surface area contributed by atoms with Gasteiger partial charge in [0.2, 0.25) is 10.0 Å². The summed E-state index contributed by atoms with van der Waals surface area (Å²) in [5, 5.41) is 8.50. The van der Waals surface area contributed by atoms with Crippen molar-refractivity contribution in [2.45, 2.75) is 26.0 Å². The van der Waals surface area contributed by atoms with Crippen molar-refractivity contribution in [3.8, 4) is 0 Å². The van der Waals surface area contributed by atoms with Crippen molar-refractivity contribution in [1.82, 2.24) is 0 Å². The van der Waals surface area contributed by atoms with Crippen LogP contribution in [0.1, 0.15) is 20.8 Å². The van der Waals surface area contributed by atoms with Gasteiger partial charge in [0.25, 0.3) is 0 Å². The van der Waals surface area contributed by atoms with E-state index in [9.17, 15) is 8.42 Å². The minimum Gasteiger partial charge on any atom is -0.395 e. The molecule has 1 rings (SSSR count). The largest absolute Gasteiger partial charge is 0.395 e. The highest BCUT2D eigenvalue weighted by Gasteiger charge is 2.15. The number of nitrogens with zero attached hydrogens (tertiary/aromatic N) is 1. The number of sulfonamides is 1. The quantitative estimate of drug-likeness (QED) is 0.800. The van der Waals surface area contributed by atoms with Crippen molar-refractivity contribution in [1.29, 1.82) is 0 Å². The number of likely N-dealkylation sites (N-methyl/N-ethyl adjacent to an activating group) is 1. The summed E-state index contributed by atoms with van der Waals surface area (Å²) in [5.41, 5.74) is 1.52. The first-order valence-corrected chi connectivity index (χ1v) is 7.92. The van der Waals surface area contributed by atoms with E-state index in [4.69, 9.17) is 5.11 Å². The topological polar surface area (TPSA) is 69.6 Å². The van der Waals surface area contributed by atoms with Crippen LogP contribution in [0.2, 0.25) is 0 Å². The molecule has 2 N–H and O–H groups in total. The van der Waals surface area contributed by atoms with Gasteiger partial charge >= 0.3 is 0 Å². The maximum Gasteiger partial charge on any atom is 0.235 e. The van der Waals surface area contributed by atoms with Crippen molar-refractivity contribution >= 4 is 21.4 Å². The van der Waals surface area contributed by atoms with Crippen molar-refractivity contribution in [2.75, 3.05) is 29.3 Å². The first kappa shape index (κ1) is 15.8. The SMILES string of the molecule is CCN(CCO)c1ccc(NS(=O)(=O)C(C)C)cc1. The average Bonchev–Trinajstić information content (AvgIpc) is 2.36. The van der Waals surface area contributed by atoms with Crippen LogP contribution in [0.4, 0.5) is 11.4 Å². The minimum absolute atomic E-state index is 0.0928. The van der Waals surface area contributed by atoms with Gasteiger partial charge in [-0.3, -0.25) is 4.72 Å². The molecule has 0 heterocycles. The summed E-state index contributed by atoms with van der Waals surface area (Å²) in [6, 6.07) is 7.15. The van der Waals surface area contributed by atoms with Crippen LogP contribution in [0.25, 0.3) is 0 Å². The molecular formula is C13H22N2O3S. The van der Waals surface area contributed by atoms with Gasteiger partial charge in [-0.2, -0.15) is 0 Å². The number of nitrogens with one attached hydrogen (secondary N) is 1. The minimum atomic E-state index is -3.30. The molecule has 108 valence electrons. The molecule has 0 aromatic heterocycles. The van der Waals surface area contributed by atoms with Gasteiger partial charge in [0.1, 0.15) is 0 Å². The number of benzene rings is 1. The number of aliphatic hydroxyl groups is 1. The zero-order chi connectivity index (χ0) is 14.5. The third-order valence-electron chi connectivity index (χ3n) is 2.86. The summed E-state index contributed by atoms with van der Waals surface area (Å²) in [6.07, 6.45) is 0. The molecule has 0 unspecified atom stereocenters. The molecule has 6 heteroatoms. The lowest BCUT2D eigenvalue weighted by Crippen LogP contribution is -2.26. The van der Waals surface area contributed by atoms with Gasteiger partial charge in [-0.15, -0.1) is 0 Å². The van der Waals surface area contributed by atoms with E-state index in [1.54, 1.807) is 26.0 Å². The molecule has 0 bridgehead atoms. The molecule has 1 aromatic carbocycles. The van der Waals surface area contributed by atoms with Gasteiger partial charge < -0.3 is 10.0 Å². The number of anilines is 2. The normalized spacial score (nSPS) is 11.6. The third kappa shape index (κ3) is 4.40. The third-order valence-corrected chi connectivity index (χ3v) is 4.63. The fourth-order valence-electron chi connectivity index (χ4n) is 1.61. The maximum absolute atomic E-state index is 11.7. The van der Waals surface area contributed by atoms with Crippen molar-refractivity contribution < 1.29 is 13.5 Å². The van der Waals surface area contributed by atoms with E-state index in [1.807, 2.05) is 24.0 Å². The van der Waals surface area contributed by atoms with E-state index in [-0.39, 0.29) is 6.61 Å². The summed E-state index contributed by atoms with van der Waals surface area (Å²) in [5.74, 6) is 0. The van der Waals surface area contributed by atoms with E-state index in [2.05, 4.69) is 4.72 Å². The standard InChI is InChI=1S/C13H22N2O3S/c1-4-15(9-10-16)13-7-5-12(6-8-13)14-19(17,18)11(2)3/h5-8,11,14,16H,4,9-10H2,1-3H3. The Hall–Kier alpha value is -1.27. The Morgan fingerprint density at radius 1 is 1.26 bits per heavy atom. The molecule has 0 fully saturated rings. The van der Waals surface area contributed by atoms with Gasteiger partial charge in [0.05, 0.1) is 11.9 Å². The van der Waals surface area contributed by atoms with Crippen molar-refractivity contribution in [2.24, 2.45) is 0 Å². The Kier molecular flexibility index (Phi) is 5.62. The Labute approximate surface area is 115 Å². The Morgan fingerprint density at radius 3 is 2.26 bits per heavy atom. The fraction of sp³-hybridized carbons (Fsp3) is 0.538. The number of rotatable bonds is 7. The zero-order valence-corrected chi connectivity index (χ0v) is 12.4. The van der Waals surface area contributed by atoms with Crippen LogP contribution in [0.5, 0.6) is 0 Å². The molecular weight excluding hydrogens is 264 g/mol. The first-order valence-electron chi connectivity index (χ1n) is 6.38. The number of hydrogen-bond acceptors (Lipinski definition) is 4. The highest BCUT2D eigenvalue weighted by molar-refractivity contribution is 7.93. The molecule has 0 amide bonds. The molecule has 0 saturated carbocycles. The first-order chi connectivity index (χ1) is 8.90. The summed E-state index contributed by atoms with van der Waals surface area (Å²) in [6.45, 7) is 6.72. The van der Waals surface area contributed by atoms with Crippen LogP contribution in [-0.4, -0.2) is 38.5 Å². The van der Waals surface area contributed by atoms with Crippen LogP contribution in [0, 0.1) is 0 Å². The maximum atomic E-state index is 11.7. The monoisotopic (exact) mass is 286 g/mol. The van der Waals surface area contributed by atoms with E-state index < -0.39 is 15.3 Å². The van der Waals surface area contributed by atoms with Crippen LogP contribution < -0.4 is 9.62 Å². The highest BCUT2D eigenvalue weighted by atomic mass is 32.2. The molecule has 5 nitrogen and oxygen atoms in total. The molecule has 0 aliphatic carbocycles. The van der Waals surface area contributed by atoms with Crippen molar-refractivity contribution in [3.05, 3.63) is 24.3 Å². The predicted octanol–water partition coefficient (Wildman–Crippen LogP) is 1.66. The van der Waals surface area contributed by atoms with Crippen LogP contribution in [0.15, 0.2) is 24.3 Å². The van der Waals surface area contributed by atoms with Crippen molar-refractivity contribution in [3.63, 3.8) is 0 Å². The second-order valence-electron chi connectivity index (χ2n) is 4.55.